The van der Waals surface area contributed by atoms with Crippen LogP contribution in [0, 0.1) is 5.82 Å². The van der Waals surface area contributed by atoms with Gasteiger partial charge in [0.25, 0.3) is 0 Å². The molecule has 76 valence electrons. The van der Waals surface area contributed by atoms with E-state index in [-0.39, 0.29) is 5.56 Å². The fourth-order valence-electron chi connectivity index (χ4n) is 0.978. The van der Waals surface area contributed by atoms with Gasteiger partial charge >= 0.3 is 5.97 Å². The van der Waals surface area contributed by atoms with E-state index in [0.717, 1.165) is 17.1 Å². The van der Waals surface area contributed by atoms with Crippen LogP contribution in [0.15, 0.2) is 23.1 Å². The fraction of sp³-hybridized carbons (Fsp3) is 0.300. The highest BCUT2D eigenvalue weighted by Gasteiger charge is 2.10. The smallest absolute Gasteiger partial charge is 0.338 e. The van der Waals surface area contributed by atoms with Gasteiger partial charge in [0.15, 0.2) is 0 Å². The Balaban J connectivity index is 2.89. The summed E-state index contributed by atoms with van der Waals surface area (Å²) in [4.78, 5) is 11.4. The fourth-order valence-corrected chi connectivity index (χ4v) is 1.78. The van der Waals surface area contributed by atoms with Gasteiger partial charge in [-0.2, -0.15) is 0 Å². The normalized spacial score (nSPS) is 10.1. The summed E-state index contributed by atoms with van der Waals surface area (Å²) in [5.74, 6) is -0.996. The van der Waals surface area contributed by atoms with Crippen molar-refractivity contribution in [3.8, 4) is 0 Å². The minimum atomic E-state index is -1.22. The molecule has 0 radical (unpaired) electrons. The average Bonchev–Trinajstić information content (AvgIpc) is 2.16. The minimum absolute atomic E-state index is 0.258. The predicted molar refractivity (Wildman–Crippen MR) is 54.4 cm³/mol. The van der Waals surface area contributed by atoms with E-state index in [1.807, 2.05) is 6.92 Å². The Labute approximate surface area is 86.1 Å². The number of hydrogen-bond acceptors (Lipinski definition) is 2. The van der Waals surface area contributed by atoms with Gasteiger partial charge in [0, 0.05) is 4.90 Å². The zero-order valence-electron chi connectivity index (χ0n) is 7.79. The van der Waals surface area contributed by atoms with Gasteiger partial charge in [0.2, 0.25) is 0 Å². The summed E-state index contributed by atoms with van der Waals surface area (Å²) in [6, 6.07) is 4.17. The molecule has 1 aromatic carbocycles. The van der Waals surface area contributed by atoms with E-state index in [9.17, 15) is 9.18 Å². The second-order valence-corrected chi connectivity index (χ2v) is 3.96. The van der Waals surface area contributed by atoms with Crippen molar-refractivity contribution >= 4 is 17.7 Å². The first-order valence-corrected chi connectivity index (χ1v) is 5.29. The van der Waals surface area contributed by atoms with Crippen molar-refractivity contribution in [1.29, 1.82) is 0 Å². The number of thioether (sulfide) groups is 1. The molecule has 0 saturated carbocycles. The lowest BCUT2D eigenvalue weighted by Gasteiger charge is -2.02. The summed E-state index contributed by atoms with van der Waals surface area (Å²) in [7, 11) is 0. The van der Waals surface area contributed by atoms with E-state index in [2.05, 4.69) is 0 Å². The van der Waals surface area contributed by atoms with Crippen molar-refractivity contribution in [2.45, 2.75) is 18.2 Å². The molecule has 1 N–H and O–H groups in total. The van der Waals surface area contributed by atoms with Crippen molar-refractivity contribution in [1.82, 2.24) is 0 Å². The molecule has 0 fully saturated rings. The third-order valence-electron chi connectivity index (χ3n) is 1.64. The van der Waals surface area contributed by atoms with Crippen LogP contribution in [0.25, 0.3) is 0 Å². The molecule has 0 amide bonds. The monoisotopic (exact) mass is 214 g/mol. The van der Waals surface area contributed by atoms with Gasteiger partial charge in [0.1, 0.15) is 5.82 Å². The molecule has 0 bridgehead atoms. The second kappa shape index (κ2) is 5.00. The molecule has 0 aromatic heterocycles. The molecule has 4 heteroatoms. The molecular weight excluding hydrogens is 203 g/mol. The van der Waals surface area contributed by atoms with Crippen LogP contribution in [-0.4, -0.2) is 16.8 Å². The highest BCUT2D eigenvalue weighted by atomic mass is 32.2. The lowest BCUT2D eigenvalue weighted by atomic mass is 10.2. The van der Waals surface area contributed by atoms with Gasteiger partial charge in [-0.1, -0.05) is 6.92 Å². The Hall–Kier alpha value is -1.03. The first kappa shape index (κ1) is 11.0. The molecule has 0 unspecified atom stereocenters. The lowest BCUT2D eigenvalue weighted by molar-refractivity contribution is 0.0691. The Morgan fingerprint density at radius 3 is 2.86 bits per heavy atom. The standard InChI is InChI=1S/C10H11FO2S/c1-2-5-14-7-3-4-9(11)8(6-7)10(12)13/h3-4,6H,2,5H2,1H3,(H,12,13). The third kappa shape index (κ3) is 2.73. The van der Waals surface area contributed by atoms with E-state index in [4.69, 9.17) is 5.11 Å². The van der Waals surface area contributed by atoms with Gasteiger partial charge in [-0.05, 0) is 30.4 Å². The van der Waals surface area contributed by atoms with Crippen molar-refractivity contribution in [3.05, 3.63) is 29.6 Å². The molecule has 0 spiro atoms. The van der Waals surface area contributed by atoms with Gasteiger partial charge in [-0.15, -0.1) is 11.8 Å². The number of carboxylic acids is 1. The van der Waals surface area contributed by atoms with Crippen molar-refractivity contribution in [3.63, 3.8) is 0 Å². The Kier molecular flexibility index (Phi) is 3.95. The largest absolute Gasteiger partial charge is 0.478 e. The predicted octanol–water partition coefficient (Wildman–Crippen LogP) is 3.03. The third-order valence-corrected chi connectivity index (χ3v) is 2.84. The van der Waals surface area contributed by atoms with Crippen molar-refractivity contribution in [2.24, 2.45) is 0 Å². The molecular formula is C10H11FO2S. The summed E-state index contributed by atoms with van der Waals surface area (Å²) in [6.45, 7) is 2.04. The summed E-state index contributed by atoms with van der Waals surface area (Å²) < 4.78 is 13.0. The first-order valence-electron chi connectivity index (χ1n) is 4.30. The molecule has 0 heterocycles. The number of carboxylic acid groups (broad SMARTS) is 1. The summed E-state index contributed by atoms with van der Waals surface area (Å²) in [5, 5.41) is 8.67. The van der Waals surface area contributed by atoms with Crippen LogP contribution >= 0.6 is 11.8 Å². The molecule has 0 aliphatic carbocycles. The minimum Gasteiger partial charge on any atom is -0.478 e. The van der Waals surface area contributed by atoms with Gasteiger partial charge in [0.05, 0.1) is 5.56 Å². The van der Waals surface area contributed by atoms with E-state index < -0.39 is 11.8 Å². The van der Waals surface area contributed by atoms with Crippen LogP contribution in [-0.2, 0) is 0 Å². The summed E-state index contributed by atoms with van der Waals surface area (Å²) >= 11 is 1.53. The van der Waals surface area contributed by atoms with Gasteiger partial charge in [-0.3, -0.25) is 0 Å². The number of rotatable bonds is 4. The topological polar surface area (TPSA) is 37.3 Å². The first-order chi connectivity index (χ1) is 6.65. The number of halogens is 1. The van der Waals surface area contributed by atoms with Crippen molar-refractivity contribution in [2.75, 3.05) is 5.75 Å². The number of benzene rings is 1. The Morgan fingerprint density at radius 1 is 1.57 bits per heavy atom. The molecule has 2 nitrogen and oxygen atoms in total. The SMILES string of the molecule is CCCSc1ccc(F)c(C(=O)O)c1. The number of aromatic carboxylic acids is 1. The average molecular weight is 214 g/mol. The van der Waals surface area contributed by atoms with E-state index in [1.54, 1.807) is 6.07 Å². The molecule has 0 aliphatic heterocycles. The van der Waals surface area contributed by atoms with Crippen molar-refractivity contribution < 1.29 is 14.3 Å². The molecule has 0 saturated heterocycles. The summed E-state index contributed by atoms with van der Waals surface area (Å²) in [5.41, 5.74) is -0.258. The number of hydrogen-bond donors (Lipinski definition) is 1. The van der Waals surface area contributed by atoms with Crippen LogP contribution in [0.1, 0.15) is 23.7 Å². The van der Waals surface area contributed by atoms with Crippen LogP contribution in [0.5, 0.6) is 0 Å². The van der Waals surface area contributed by atoms with E-state index in [1.165, 1.54) is 23.9 Å². The maximum absolute atomic E-state index is 13.0. The molecule has 1 aromatic rings. The summed E-state index contributed by atoms with van der Waals surface area (Å²) in [6.07, 6.45) is 1.00. The maximum Gasteiger partial charge on any atom is 0.338 e. The molecule has 0 aliphatic rings. The van der Waals surface area contributed by atoms with Gasteiger partial charge < -0.3 is 5.11 Å². The van der Waals surface area contributed by atoms with Gasteiger partial charge in [-0.25, -0.2) is 9.18 Å². The van der Waals surface area contributed by atoms with E-state index >= 15 is 0 Å². The Morgan fingerprint density at radius 2 is 2.29 bits per heavy atom. The van der Waals surface area contributed by atoms with Crippen LogP contribution in [0.4, 0.5) is 4.39 Å². The Bertz CT molecular complexity index is 339. The molecule has 14 heavy (non-hydrogen) atoms. The maximum atomic E-state index is 13.0. The molecule has 1 rings (SSSR count). The lowest BCUT2D eigenvalue weighted by Crippen LogP contribution is -2.00. The van der Waals surface area contributed by atoms with E-state index in [0.29, 0.717) is 0 Å². The zero-order chi connectivity index (χ0) is 10.6. The molecule has 0 atom stereocenters. The highest BCUT2D eigenvalue weighted by Crippen LogP contribution is 2.21. The number of carbonyl (C=O) groups is 1. The zero-order valence-corrected chi connectivity index (χ0v) is 8.60. The van der Waals surface area contributed by atoms with Crippen LogP contribution in [0.3, 0.4) is 0 Å². The highest BCUT2D eigenvalue weighted by molar-refractivity contribution is 7.99. The quantitative estimate of drug-likeness (QED) is 0.783. The van der Waals surface area contributed by atoms with Crippen LogP contribution in [0.2, 0.25) is 0 Å². The van der Waals surface area contributed by atoms with Crippen LogP contribution < -0.4 is 0 Å². The second-order valence-electron chi connectivity index (χ2n) is 2.80.